The molecule has 6 atom stereocenters. The molecule has 2 fully saturated rings. The maximum atomic E-state index is 13.9. The standard InChI is InChI=1S/C26H33N3O6/c1-7-29(8-2)21-17-12-18(30)20(21)26(14-28,24(32)35-16(5)6)22(19-10-9-11-33-19)25(17,13-27)23(31)34-15(3)4/h9-11,15-17,20-22H,7-8,12H2,1-6H3. The number of carbonyl (C=O) groups excluding carboxylic acids is 3. The summed E-state index contributed by atoms with van der Waals surface area (Å²) in [6.07, 6.45) is 0.0554. The van der Waals surface area contributed by atoms with Gasteiger partial charge in [0.2, 0.25) is 0 Å². The van der Waals surface area contributed by atoms with Gasteiger partial charge in [-0.1, -0.05) is 13.8 Å². The quantitative estimate of drug-likeness (QED) is 0.511. The van der Waals surface area contributed by atoms with E-state index in [4.69, 9.17) is 13.9 Å². The molecule has 2 aliphatic rings. The van der Waals surface area contributed by atoms with E-state index in [1.807, 2.05) is 18.7 Å². The van der Waals surface area contributed by atoms with Crippen LogP contribution in [-0.2, 0) is 23.9 Å². The largest absolute Gasteiger partial charge is 0.469 e. The van der Waals surface area contributed by atoms with Crippen molar-refractivity contribution in [3.05, 3.63) is 24.2 Å². The second-order valence-electron chi connectivity index (χ2n) is 9.78. The molecule has 0 saturated heterocycles. The molecule has 0 spiro atoms. The Bertz CT molecular complexity index is 1050. The highest BCUT2D eigenvalue weighted by molar-refractivity contribution is 5.99. The third-order valence-corrected chi connectivity index (χ3v) is 7.30. The van der Waals surface area contributed by atoms with Gasteiger partial charge in [0.15, 0.2) is 10.8 Å². The number of nitrogens with zero attached hydrogens (tertiary/aromatic N) is 3. The molecule has 0 amide bonds. The maximum absolute atomic E-state index is 13.9. The number of Topliss-reactive ketones (excluding diaryl/α,β-unsaturated/α-hetero) is 1. The molecule has 0 N–H and O–H groups in total. The van der Waals surface area contributed by atoms with Gasteiger partial charge < -0.3 is 13.9 Å². The molecule has 1 aromatic heterocycles. The SMILES string of the molecule is CCN(CC)C1C2CC(=O)C1C(C#N)(C(=O)OC(C)C)C(c1ccco1)C2(C#N)C(=O)OC(C)C. The minimum absolute atomic E-state index is 0.0946. The lowest BCUT2D eigenvalue weighted by Gasteiger charge is -2.53. The van der Waals surface area contributed by atoms with Crippen LogP contribution in [0.25, 0.3) is 0 Å². The molecule has 3 rings (SSSR count). The number of ether oxygens (including phenoxy) is 2. The van der Waals surface area contributed by atoms with Crippen molar-refractivity contribution in [2.45, 2.75) is 72.1 Å². The van der Waals surface area contributed by atoms with Gasteiger partial charge in [-0.25, -0.2) is 0 Å². The fraction of sp³-hybridized carbons (Fsp3) is 0.654. The third-order valence-electron chi connectivity index (χ3n) is 7.30. The van der Waals surface area contributed by atoms with Crippen LogP contribution in [0.4, 0.5) is 0 Å². The molecule has 1 heterocycles. The molecular weight excluding hydrogens is 450 g/mol. The topological polar surface area (TPSA) is 134 Å². The second-order valence-corrected chi connectivity index (χ2v) is 9.78. The molecule has 0 aromatic carbocycles. The van der Waals surface area contributed by atoms with Gasteiger partial charge in [-0.15, -0.1) is 0 Å². The minimum atomic E-state index is -2.18. The number of fused-ring (bicyclic) bond motifs is 2. The van der Waals surface area contributed by atoms with Crippen molar-refractivity contribution in [3.63, 3.8) is 0 Å². The summed E-state index contributed by atoms with van der Waals surface area (Å²) < 4.78 is 16.8. The summed E-state index contributed by atoms with van der Waals surface area (Å²) in [6, 6.07) is 6.65. The van der Waals surface area contributed by atoms with Crippen LogP contribution in [-0.4, -0.2) is 54.0 Å². The van der Waals surface area contributed by atoms with Crippen LogP contribution >= 0.6 is 0 Å². The van der Waals surface area contributed by atoms with E-state index in [0.717, 1.165) is 0 Å². The zero-order valence-corrected chi connectivity index (χ0v) is 21.1. The zero-order valence-electron chi connectivity index (χ0n) is 21.1. The molecule has 9 nitrogen and oxygen atoms in total. The molecule has 2 bridgehead atoms. The lowest BCUT2D eigenvalue weighted by atomic mass is 9.47. The fourth-order valence-electron chi connectivity index (χ4n) is 6.12. The predicted octanol–water partition coefficient (Wildman–Crippen LogP) is 3.22. The van der Waals surface area contributed by atoms with E-state index in [9.17, 15) is 24.9 Å². The summed E-state index contributed by atoms with van der Waals surface area (Å²) >= 11 is 0. The summed E-state index contributed by atoms with van der Waals surface area (Å²) in [5.41, 5.74) is -4.21. The Balaban J connectivity index is 2.47. The van der Waals surface area contributed by atoms with E-state index < -0.39 is 58.8 Å². The number of hydrogen-bond donors (Lipinski definition) is 0. The molecule has 35 heavy (non-hydrogen) atoms. The highest BCUT2D eigenvalue weighted by Crippen LogP contribution is 2.67. The van der Waals surface area contributed by atoms with Crippen LogP contribution in [0.5, 0.6) is 0 Å². The Morgan fingerprint density at radius 3 is 2.06 bits per heavy atom. The number of ketones is 1. The second kappa shape index (κ2) is 9.83. The van der Waals surface area contributed by atoms with Crippen molar-refractivity contribution in [1.82, 2.24) is 4.90 Å². The number of furan rings is 1. The summed E-state index contributed by atoms with van der Waals surface area (Å²) in [7, 11) is 0. The first kappa shape index (κ1) is 26.4. The third kappa shape index (κ3) is 3.83. The van der Waals surface area contributed by atoms with Crippen molar-refractivity contribution in [2.75, 3.05) is 13.1 Å². The molecule has 0 aliphatic heterocycles. The summed E-state index contributed by atoms with van der Waals surface area (Å²) in [5.74, 6) is -5.37. The van der Waals surface area contributed by atoms with Crippen LogP contribution in [0.3, 0.4) is 0 Å². The first-order valence-corrected chi connectivity index (χ1v) is 12.1. The number of hydrogen-bond acceptors (Lipinski definition) is 9. The average molecular weight is 484 g/mol. The maximum Gasteiger partial charge on any atom is 0.328 e. The molecule has 0 radical (unpaired) electrons. The number of esters is 2. The Labute approximate surface area is 205 Å². The van der Waals surface area contributed by atoms with E-state index in [-0.39, 0.29) is 18.0 Å². The van der Waals surface area contributed by atoms with Crippen LogP contribution in [0.15, 0.2) is 22.8 Å². The summed E-state index contributed by atoms with van der Waals surface area (Å²) in [6.45, 7) is 11.4. The number of carbonyl (C=O) groups is 3. The van der Waals surface area contributed by atoms with Crippen molar-refractivity contribution >= 4 is 17.7 Å². The van der Waals surface area contributed by atoms with Gasteiger partial charge in [0.1, 0.15) is 11.5 Å². The summed E-state index contributed by atoms with van der Waals surface area (Å²) in [5, 5.41) is 21.5. The molecule has 1 aromatic rings. The predicted molar refractivity (Wildman–Crippen MR) is 123 cm³/mol. The Morgan fingerprint density at radius 2 is 1.63 bits per heavy atom. The fourth-order valence-corrected chi connectivity index (χ4v) is 6.12. The van der Waals surface area contributed by atoms with Crippen LogP contribution in [0, 0.1) is 45.3 Å². The minimum Gasteiger partial charge on any atom is -0.469 e. The van der Waals surface area contributed by atoms with Crippen molar-refractivity contribution in [1.29, 1.82) is 10.5 Å². The molecular formula is C26H33N3O6. The Hall–Kier alpha value is -3.17. The van der Waals surface area contributed by atoms with Gasteiger partial charge in [-0.3, -0.25) is 19.3 Å². The summed E-state index contributed by atoms with van der Waals surface area (Å²) in [4.78, 5) is 43.4. The Kier molecular flexibility index (Phi) is 7.42. The molecule has 2 saturated carbocycles. The smallest absolute Gasteiger partial charge is 0.328 e. The van der Waals surface area contributed by atoms with Crippen molar-refractivity contribution < 1.29 is 28.3 Å². The van der Waals surface area contributed by atoms with Gasteiger partial charge in [0.25, 0.3) is 0 Å². The average Bonchev–Trinajstić information content (AvgIpc) is 3.42. The zero-order chi connectivity index (χ0) is 26.1. The van der Waals surface area contributed by atoms with Gasteiger partial charge in [0, 0.05) is 18.4 Å². The lowest BCUT2D eigenvalue weighted by molar-refractivity contribution is -0.182. The van der Waals surface area contributed by atoms with E-state index >= 15 is 0 Å². The van der Waals surface area contributed by atoms with E-state index in [1.54, 1.807) is 33.8 Å². The molecule has 9 heteroatoms. The highest BCUT2D eigenvalue weighted by atomic mass is 16.5. The number of rotatable bonds is 8. The normalized spacial score (nSPS) is 31.9. The molecule has 2 aliphatic carbocycles. The van der Waals surface area contributed by atoms with E-state index in [0.29, 0.717) is 13.1 Å². The van der Waals surface area contributed by atoms with Crippen LogP contribution in [0.1, 0.15) is 59.6 Å². The van der Waals surface area contributed by atoms with Crippen molar-refractivity contribution in [3.8, 4) is 12.1 Å². The van der Waals surface area contributed by atoms with Crippen LogP contribution in [0.2, 0.25) is 0 Å². The van der Waals surface area contributed by atoms with Crippen molar-refractivity contribution in [2.24, 2.45) is 22.7 Å². The molecule has 188 valence electrons. The van der Waals surface area contributed by atoms with Gasteiger partial charge in [-0.05, 0) is 52.9 Å². The van der Waals surface area contributed by atoms with Crippen LogP contribution < -0.4 is 0 Å². The number of nitriles is 2. The monoisotopic (exact) mass is 483 g/mol. The van der Waals surface area contributed by atoms with Gasteiger partial charge in [-0.2, -0.15) is 10.5 Å². The lowest BCUT2D eigenvalue weighted by Crippen LogP contribution is -2.66. The first-order valence-electron chi connectivity index (χ1n) is 12.1. The highest BCUT2D eigenvalue weighted by Gasteiger charge is 2.79. The van der Waals surface area contributed by atoms with Gasteiger partial charge in [0.05, 0.1) is 42.4 Å². The van der Waals surface area contributed by atoms with Gasteiger partial charge >= 0.3 is 11.9 Å². The first-order chi connectivity index (χ1) is 16.6. The van der Waals surface area contributed by atoms with E-state index in [1.165, 1.54) is 12.3 Å². The van der Waals surface area contributed by atoms with E-state index in [2.05, 4.69) is 12.1 Å². The molecule has 6 unspecified atom stereocenters. The Morgan fingerprint density at radius 1 is 1.09 bits per heavy atom.